The van der Waals surface area contributed by atoms with Crippen molar-refractivity contribution < 1.29 is 0 Å². The summed E-state index contributed by atoms with van der Waals surface area (Å²) >= 11 is 3.47. The minimum atomic E-state index is 0.792. The normalized spacial score (nSPS) is 16.2. The molecule has 1 aliphatic rings. The predicted molar refractivity (Wildman–Crippen MR) is 94.5 cm³/mol. The summed E-state index contributed by atoms with van der Waals surface area (Å²) in [6, 6.07) is 5.99. The number of likely N-dealkylation sites (N-methyl/N-ethyl adjacent to an activating group) is 1. The molecule has 0 radical (unpaired) electrons. The van der Waals surface area contributed by atoms with Gasteiger partial charge in [0, 0.05) is 43.0 Å². The Kier molecular flexibility index (Phi) is 3.74. The van der Waals surface area contributed by atoms with Crippen molar-refractivity contribution in [2.75, 3.05) is 38.1 Å². The molecule has 6 nitrogen and oxygen atoms in total. The van der Waals surface area contributed by atoms with E-state index in [-0.39, 0.29) is 0 Å². The van der Waals surface area contributed by atoms with E-state index in [2.05, 4.69) is 52.7 Å². The quantitative estimate of drug-likeness (QED) is 0.748. The Morgan fingerprint density at radius 1 is 1.09 bits per heavy atom. The molecule has 7 heteroatoms. The zero-order valence-electron chi connectivity index (χ0n) is 12.8. The van der Waals surface area contributed by atoms with Gasteiger partial charge in [-0.1, -0.05) is 15.9 Å². The SMILES string of the molecule is CN1CCN(c2ncc(-c3nc4ccc(Br)cc4[nH]3)cn2)CC1. The Labute approximate surface area is 142 Å². The monoisotopic (exact) mass is 372 g/mol. The van der Waals surface area contributed by atoms with E-state index in [4.69, 9.17) is 0 Å². The van der Waals surface area contributed by atoms with Crippen molar-refractivity contribution in [1.82, 2.24) is 24.8 Å². The molecule has 118 valence electrons. The van der Waals surface area contributed by atoms with Gasteiger partial charge in [0.1, 0.15) is 5.82 Å². The Morgan fingerprint density at radius 3 is 2.57 bits per heavy atom. The maximum Gasteiger partial charge on any atom is 0.225 e. The van der Waals surface area contributed by atoms with Crippen LogP contribution in [0.2, 0.25) is 0 Å². The average Bonchev–Trinajstić information content (AvgIpc) is 2.99. The molecule has 4 rings (SSSR count). The lowest BCUT2D eigenvalue weighted by molar-refractivity contribution is 0.311. The van der Waals surface area contributed by atoms with Crippen LogP contribution in [0.1, 0.15) is 0 Å². The summed E-state index contributed by atoms with van der Waals surface area (Å²) in [6.07, 6.45) is 3.68. The molecule has 0 aliphatic carbocycles. The number of anilines is 1. The number of nitrogens with zero attached hydrogens (tertiary/aromatic N) is 5. The number of rotatable bonds is 2. The molecule has 0 spiro atoms. The van der Waals surface area contributed by atoms with Gasteiger partial charge in [0.05, 0.1) is 16.6 Å². The van der Waals surface area contributed by atoms with Crippen LogP contribution in [0.3, 0.4) is 0 Å². The first-order valence-corrected chi connectivity index (χ1v) is 8.39. The van der Waals surface area contributed by atoms with Crippen molar-refractivity contribution in [2.24, 2.45) is 0 Å². The fourth-order valence-electron chi connectivity index (χ4n) is 2.73. The second-order valence-corrected chi connectivity index (χ2v) is 6.72. The lowest BCUT2D eigenvalue weighted by Crippen LogP contribution is -2.45. The van der Waals surface area contributed by atoms with Crippen molar-refractivity contribution in [3.8, 4) is 11.4 Å². The second-order valence-electron chi connectivity index (χ2n) is 5.81. The van der Waals surface area contributed by atoms with Crippen LogP contribution in [0.25, 0.3) is 22.4 Å². The number of aromatic nitrogens is 4. The van der Waals surface area contributed by atoms with Crippen molar-refractivity contribution in [2.45, 2.75) is 0 Å². The molecule has 1 aliphatic heterocycles. The Morgan fingerprint density at radius 2 is 1.83 bits per heavy atom. The van der Waals surface area contributed by atoms with Crippen LogP contribution in [0.5, 0.6) is 0 Å². The number of piperazine rings is 1. The summed E-state index contributed by atoms with van der Waals surface area (Å²) in [4.78, 5) is 21.5. The van der Waals surface area contributed by atoms with Crippen LogP contribution in [0.15, 0.2) is 35.1 Å². The van der Waals surface area contributed by atoms with Gasteiger partial charge in [-0.15, -0.1) is 0 Å². The highest BCUT2D eigenvalue weighted by Crippen LogP contribution is 2.23. The van der Waals surface area contributed by atoms with E-state index in [1.54, 1.807) is 0 Å². The van der Waals surface area contributed by atoms with E-state index in [0.717, 1.165) is 59.0 Å². The third kappa shape index (κ3) is 2.94. The highest BCUT2D eigenvalue weighted by Gasteiger charge is 2.16. The summed E-state index contributed by atoms with van der Waals surface area (Å²) in [6.45, 7) is 4.02. The van der Waals surface area contributed by atoms with Crippen LogP contribution >= 0.6 is 15.9 Å². The number of imidazole rings is 1. The van der Waals surface area contributed by atoms with E-state index in [9.17, 15) is 0 Å². The zero-order valence-corrected chi connectivity index (χ0v) is 14.4. The molecule has 0 unspecified atom stereocenters. The molecule has 23 heavy (non-hydrogen) atoms. The maximum atomic E-state index is 4.60. The summed E-state index contributed by atoms with van der Waals surface area (Å²) < 4.78 is 1.03. The van der Waals surface area contributed by atoms with Gasteiger partial charge >= 0.3 is 0 Å². The fraction of sp³-hybridized carbons (Fsp3) is 0.312. The molecular formula is C16H17BrN6. The van der Waals surface area contributed by atoms with Gasteiger partial charge in [-0.25, -0.2) is 15.0 Å². The van der Waals surface area contributed by atoms with Gasteiger partial charge in [-0.2, -0.15) is 0 Å². The number of aromatic amines is 1. The minimum absolute atomic E-state index is 0.792. The van der Waals surface area contributed by atoms with Gasteiger partial charge in [0.15, 0.2) is 0 Å². The maximum absolute atomic E-state index is 4.60. The first kappa shape index (κ1) is 14.6. The molecule has 0 saturated carbocycles. The van der Waals surface area contributed by atoms with Gasteiger partial charge in [0.2, 0.25) is 5.95 Å². The molecule has 3 heterocycles. The van der Waals surface area contributed by atoms with Crippen LogP contribution in [0.4, 0.5) is 5.95 Å². The highest BCUT2D eigenvalue weighted by molar-refractivity contribution is 9.10. The number of hydrogen-bond donors (Lipinski definition) is 1. The molecule has 1 fully saturated rings. The topological polar surface area (TPSA) is 60.9 Å². The minimum Gasteiger partial charge on any atom is -0.338 e. The fourth-order valence-corrected chi connectivity index (χ4v) is 3.09. The van der Waals surface area contributed by atoms with Crippen molar-refractivity contribution in [3.05, 3.63) is 35.1 Å². The molecule has 0 bridgehead atoms. The van der Waals surface area contributed by atoms with Crippen LogP contribution < -0.4 is 4.90 Å². The standard InChI is InChI=1S/C16H17BrN6/c1-22-4-6-23(7-5-22)16-18-9-11(10-19-16)15-20-13-3-2-12(17)8-14(13)21-15/h2-3,8-10H,4-7H2,1H3,(H,20,21). The number of halogens is 1. The number of hydrogen-bond acceptors (Lipinski definition) is 5. The number of H-pyrrole nitrogens is 1. The van der Waals surface area contributed by atoms with Gasteiger partial charge in [0.25, 0.3) is 0 Å². The molecule has 0 amide bonds. The Hall–Kier alpha value is -1.99. The Bertz CT molecular complexity index is 820. The molecule has 1 saturated heterocycles. The predicted octanol–water partition coefficient (Wildman–Crippen LogP) is 2.53. The lowest BCUT2D eigenvalue weighted by Gasteiger charge is -2.32. The molecule has 3 aromatic rings. The largest absolute Gasteiger partial charge is 0.338 e. The summed E-state index contributed by atoms with van der Waals surface area (Å²) in [5.74, 6) is 1.59. The molecular weight excluding hydrogens is 356 g/mol. The molecule has 1 N–H and O–H groups in total. The van der Waals surface area contributed by atoms with Gasteiger partial charge < -0.3 is 14.8 Å². The van der Waals surface area contributed by atoms with Gasteiger partial charge in [-0.3, -0.25) is 0 Å². The average molecular weight is 373 g/mol. The van der Waals surface area contributed by atoms with E-state index in [0.29, 0.717) is 0 Å². The van der Waals surface area contributed by atoms with Crippen LogP contribution in [-0.4, -0.2) is 58.1 Å². The van der Waals surface area contributed by atoms with E-state index < -0.39 is 0 Å². The van der Waals surface area contributed by atoms with E-state index in [1.165, 1.54) is 0 Å². The summed E-state index contributed by atoms with van der Waals surface area (Å²) in [7, 11) is 2.14. The summed E-state index contributed by atoms with van der Waals surface area (Å²) in [5.41, 5.74) is 2.83. The number of benzene rings is 1. The van der Waals surface area contributed by atoms with E-state index in [1.807, 2.05) is 30.6 Å². The van der Waals surface area contributed by atoms with Crippen molar-refractivity contribution in [1.29, 1.82) is 0 Å². The smallest absolute Gasteiger partial charge is 0.225 e. The van der Waals surface area contributed by atoms with E-state index >= 15 is 0 Å². The zero-order chi connectivity index (χ0) is 15.8. The van der Waals surface area contributed by atoms with Gasteiger partial charge in [-0.05, 0) is 25.2 Å². The lowest BCUT2D eigenvalue weighted by atomic mass is 10.3. The van der Waals surface area contributed by atoms with Crippen LogP contribution in [-0.2, 0) is 0 Å². The second kappa shape index (κ2) is 5.90. The molecule has 1 aromatic carbocycles. The van der Waals surface area contributed by atoms with Crippen LogP contribution in [0, 0.1) is 0 Å². The molecule has 0 atom stereocenters. The van der Waals surface area contributed by atoms with Crippen molar-refractivity contribution >= 4 is 32.9 Å². The van der Waals surface area contributed by atoms with Crippen molar-refractivity contribution in [3.63, 3.8) is 0 Å². The number of fused-ring (bicyclic) bond motifs is 1. The number of nitrogens with one attached hydrogen (secondary N) is 1. The Balaban J connectivity index is 1.59. The highest BCUT2D eigenvalue weighted by atomic mass is 79.9. The first-order chi connectivity index (χ1) is 11.2. The molecule has 2 aromatic heterocycles. The summed E-state index contributed by atoms with van der Waals surface area (Å²) in [5, 5.41) is 0. The third-order valence-corrected chi connectivity index (χ3v) is 4.63. The first-order valence-electron chi connectivity index (χ1n) is 7.60. The third-order valence-electron chi connectivity index (χ3n) is 4.14.